The number of hydrogen-bond acceptors (Lipinski definition) is 4. The maximum Gasteiger partial charge on any atom is 0.294 e. The summed E-state index contributed by atoms with van der Waals surface area (Å²) in [4.78, 5) is 21.4. The van der Waals surface area contributed by atoms with Crippen LogP contribution in [0, 0.1) is 13.8 Å². The molecule has 1 N–H and O–H groups in total. The third-order valence-electron chi connectivity index (χ3n) is 4.16. The number of benzene rings is 1. The molecule has 5 nitrogen and oxygen atoms in total. The van der Waals surface area contributed by atoms with Crippen molar-refractivity contribution in [2.45, 2.75) is 40.3 Å². The van der Waals surface area contributed by atoms with Crippen LogP contribution in [0.2, 0.25) is 0 Å². The van der Waals surface area contributed by atoms with Gasteiger partial charge in [0, 0.05) is 18.8 Å². The summed E-state index contributed by atoms with van der Waals surface area (Å²) >= 11 is 0. The lowest BCUT2D eigenvalue weighted by Crippen LogP contribution is -2.27. The summed E-state index contributed by atoms with van der Waals surface area (Å²) in [6.07, 6.45) is 3.39. The van der Waals surface area contributed by atoms with Gasteiger partial charge >= 0.3 is 0 Å². The van der Waals surface area contributed by atoms with Crippen molar-refractivity contribution < 1.29 is 0 Å². The number of pyridine rings is 1. The first kappa shape index (κ1) is 16.2. The second-order valence-corrected chi connectivity index (χ2v) is 6.38. The minimum Gasteiger partial charge on any atom is -0.361 e. The number of fused-ring (bicyclic) bond motifs is 1. The fraction of sp³-hybridized carbons (Fsp3) is 0.316. The molecule has 3 rings (SSSR count). The lowest BCUT2D eigenvalue weighted by molar-refractivity contribution is 0.598. The predicted molar refractivity (Wildman–Crippen MR) is 97.4 cm³/mol. The molecule has 0 saturated heterocycles. The van der Waals surface area contributed by atoms with Gasteiger partial charge in [0.2, 0.25) is 0 Å². The van der Waals surface area contributed by atoms with Crippen molar-refractivity contribution in [3.05, 3.63) is 63.7 Å². The summed E-state index contributed by atoms with van der Waals surface area (Å²) < 4.78 is 1.74. The van der Waals surface area contributed by atoms with Crippen LogP contribution in [-0.4, -0.2) is 14.5 Å². The van der Waals surface area contributed by atoms with Crippen LogP contribution < -0.4 is 10.9 Å². The molecule has 0 saturated carbocycles. The van der Waals surface area contributed by atoms with Crippen LogP contribution in [0.3, 0.4) is 0 Å². The van der Waals surface area contributed by atoms with Gasteiger partial charge in [-0.25, -0.2) is 4.98 Å². The Labute approximate surface area is 141 Å². The number of nitrogens with zero attached hydrogens (tertiary/aromatic N) is 3. The molecule has 0 spiro atoms. The van der Waals surface area contributed by atoms with Gasteiger partial charge in [0.1, 0.15) is 0 Å². The Kier molecular flexibility index (Phi) is 4.34. The smallest absolute Gasteiger partial charge is 0.294 e. The third-order valence-corrected chi connectivity index (χ3v) is 4.16. The zero-order valence-corrected chi connectivity index (χ0v) is 14.5. The molecule has 0 aliphatic heterocycles. The second-order valence-electron chi connectivity index (χ2n) is 6.38. The van der Waals surface area contributed by atoms with Crippen molar-refractivity contribution in [2.75, 3.05) is 5.32 Å². The highest BCUT2D eigenvalue weighted by Gasteiger charge is 2.13. The van der Waals surface area contributed by atoms with E-state index in [9.17, 15) is 4.79 Å². The van der Waals surface area contributed by atoms with E-state index in [0.29, 0.717) is 12.4 Å². The SMILES string of the molecule is Cc1ccc(C)c(CNc2nc3ccncc3n(C(C)C)c2=O)c1. The van der Waals surface area contributed by atoms with Gasteiger partial charge in [-0.15, -0.1) is 0 Å². The maximum absolute atomic E-state index is 12.8. The van der Waals surface area contributed by atoms with Crippen molar-refractivity contribution >= 4 is 16.9 Å². The summed E-state index contributed by atoms with van der Waals surface area (Å²) in [6.45, 7) is 8.69. The maximum atomic E-state index is 12.8. The molecule has 0 aliphatic rings. The number of aryl methyl sites for hydroxylation is 2. The first-order valence-electron chi connectivity index (χ1n) is 8.13. The molecule has 0 amide bonds. The molecular weight excluding hydrogens is 300 g/mol. The molecule has 0 bridgehead atoms. The Morgan fingerprint density at radius 3 is 2.75 bits per heavy atom. The lowest BCUT2D eigenvalue weighted by Gasteiger charge is -2.16. The molecule has 124 valence electrons. The van der Waals surface area contributed by atoms with Gasteiger partial charge < -0.3 is 5.32 Å². The topological polar surface area (TPSA) is 59.8 Å². The molecule has 0 fully saturated rings. The predicted octanol–water partition coefficient (Wildman–Crippen LogP) is 3.60. The van der Waals surface area contributed by atoms with Gasteiger partial charge in [0.15, 0.2) is 5.82 Å². The standard InChI is InChI=1S/C19H22N4O/c1-12(2)23-17-11-20-8-7-16(17)22-18(19(23)24)21-10-15-9-13(3)5-6-14(15)4/h5-9,11-12H,10H2,1-4H3,(H,21,22). The van der Waals surface area contributed by atoms with Crippen molar-refractivity contribution in [3.8, 4) is 0 Å². The molecule has 0 unspecified atom stereocenters. The first-order chi connectivity index (χ1) is 11.5. The van der Waals surface area contributed by atoms with Gasteiger partial charge in [-0.3, -0.25) is 14.3 Å². The zero-order valence-electron chi connectivity index (χ0n) is 14.5. The van der Waals surface area contributed by atoms with E-state index >= 15 is 0 Å². The molecule has 3 aromatic rings. The number of nitrogens with one attached hydrogen (secondary N) is 1. The van der Waals surface area contributed by atoms with Crippen molar-refractivity contribution in [1.29, 1.82) is 0 Å². The van der Waals surface area contributed by atoms with E-state index in [2.05, 4.69) is 47.3 Å². The summed E-state index contributed by atoms with van der Waals surface area (Å²) in [5.41, 5.74) is 4.98. The zero-order chi connectivity index (χ0) is 17.3. The summed E-state index contributed by atoms with van der Waals surface area (Å²) in [7, 11) is 0. The van der Waals surface area contributed by atoms with Gasteiger partial charge in [0.05, 0.1) is 17.2 Å². The third kappa shape index (κ3) is 3.02. The minimum atomic E-state index is -0.115. The number of hydrogen-bond donors (Lipinski definition) is 1. The molecule has 1 aromatic carbocycles. The molecule has 5 heteroatoms. The van der Waals surface area contributed by atoms with Crippen LogP contribution in [0.4, 0.5) is 5.82 Å². The van der Waals surface area contributed by atoms with E-state index in [4.69, 9.17) is 0 Å². The van der Waals surface area contributed by atoms with E-state index in [-0.39, 0.29) is 11.6 Å². The Morgan fingerprint density at radius 1 is 1.21 bits per heavy atom. The van der Waals surface area contributed by atoms with Gasteiger partial charge in [-0.2, -0.15) is 0 Å². The van der Waals surface area contributed by atoms with E-state index in [0.717, 1.165) is 11.0 Å². The highest BCUT2D eigenvalue weighted by atomic mass is 16.1. The molecular formula is C19H22N4O. The first-order valence-corrected chi connectivity index (χ1v) is 8.13. The summed E-state index contributed by atoms with van der Waals surface area (Å²) in [5, 5.41) is 3.22. The number of aromatic nitrogens is 3. The normalized spacial score (nSPS) is 11.2. The molecule has 0 radical (unpaired) electrons. The molecule has 24 heavy (non-hydrogen) atoms. The average molecular weight is 322 g/mol. The summed E-state index contributed by atoms with van der Waals surface area (Å²) in [5.74, 6) is 0.378. The van der Waals surface area contributed by atoms with Crippen molar-refractivity contribution in [3.63, 3.8) is 0 Å². The summed E-state index contributed by atoms with van der Waals surface area (Å²) in [6, 6.07) is 8.18. The monoisotopic (exact) mass is 322 g/mol. The molecule has 0 atom stereocenters. The van der Waals surface area contributed by atoms with Crippen LogP contribution in [0.1, 0.15) is 36.6 Å². The number of anilines is 1. The van der Waals surface area contributed by atoms with Crippen LogP contribution in [-0.2, 0) is 6.54 Å². The van der Waals surface area contributed by atoms with E-state index in [1.807, 2.05) is 19.9 Å². The lowest BCUT2D eigenvalue weighted by atomic mass is 10.1. The quantitative estimate of drug-likeness (QED) is 0.797. The van der Waals surface area contributed by atoms with Gasteiger partial charge in [0.25, 0.3) is 5.56 Å². The Morgan fingerprint density at radius 2 is 2.00 bits per heavy atom. The van der Waals surface area contributed by atoms with Crippen LogP contribution >= 0.6 is 0 Å². The highest BCUT2D eigenvalue weighted by Crippen LogP contribution is 2.16. The fourth-order valence-electron chi connectivity index (χ4n) is 2.85. The van der Waals surface area contributed by atoms with Crippen LogP contribution in [0.5, 0.6) is 0 Å². The van der Waals surface area contributed by atoms with Crippen molar-refractivity contribution in [2.24, 2.45) is 0 Å². The highest BCUT2D eigenvalue weighted by molar-refractivity contribution is 5.75. The van der Waals surface area contributed by atoms with Gasteiger partial charge in [-0.1, -0.05) is 23.8 Å². The van der Waals surface area contributed by atoms with E-state index in [1.165, 1.54) is 16.7 Å². The fourth-order valence-corrected chi connectivity index (χ4v) is 2.85. The molecule has 2 aromatic heterocycles. The Hall–Kier alpha value is -2.69. The molecule has 0 aliphatic carbocycles. The average Bonchev–Trinajstić information content (AvgIpc) is 2.55. The minimum absolute atomic E-state index is 0.0356. The van der Waals surface area contributed by atoms with Gasteiger partial charge in [-0.05, 0) is 44.9 Å². The Bertz CT molecular complexity index is 944. The van der Waals surface area contributed by atoms with E-state index < -0.39 is 0 Å². The van der Waals surface area contributed by atoms with Crippen molar-refractivity contribution in [1.82, 2.24) is 14.5 Å². The van der Waals surface area contributed by atoms with Crippen LogP contribution in [0.15, 0.2) is 41.5 Å². The second kappa shape index (κ2) is 6.43. The van der Waals surface area contributed by atoms with Crippen LogP contribution in [0.25, 0.3) is 11.0 Å². The number of rotatable bonds is 4. The van der Waals surface area contributed by atoms with E-state index in [1.54, 1.807) is 17.0 Å². The Balaban J connectivity index is 2.02. The largest absolute Gasteiger partial charge is 0.361 e. The molecule has 2 heterocycles.